The highest BCUT2D eigenvalue weighted by atomic mass is 16.6. The van der Waals surface area contributed by atoms with Crippen LogP contribution in [0.3, 0.4) is 0 Å². The van der Waals surface area contributed by atoms with Crippen LogP contribution in [-0.2, 0) is 4.79 Å². The molecule has 0 unspecified atom stereocenters. The molecule has 0 bridgehead atoms. The summed E-state index contributed by atoms with van der Waals surface area (Å²) in [6.45, 7) is 1.41. The fourth-order valence-electron chi connectivity index (χ4n) is 2.27. The Labute approximate surface area is 137 Å². The zero-order chi connectivity index (χ0) is 17.1. The zero-order valence-electron chi connectivity index (χ0n) is 12.7. The third-order valence-electron chi connectivity index (χ3n) is 3.30. The second kappa shape index (κ2) is 6.33. The van der Waals surface area contributed by atoms with Crippen molar-refractivity contribution in [1.29, 1.82) is 0 Å². The number of carbonyl (C=O) groups excluding carboxylic acids is 1. The molecule has 2 aromatic carbocycles. The maximum absolute atomic E-state index is 11.3. The molecule has 7 nitrogen and oxygen atoms in total. The van der Waals surface area contributed by atoms with Crippen LogP contribution in [0, 0.1) is 10.1 Å². The molecule has 0 atom stereocenters. The predicted octanol–water partition coefficient (Wildman–Crippen LogP) is 3.89. The Morgan fingerprint density at radius 1 is 1.17 bits per heavy atom. The van der Waals surface area contributed by atoms with Gasteiger partial charge in [0, 0.05) is 12.6 Å². The van der Waals surface area contributed by atoms with E-state index in [2.05, 4.69) is 10.3 Å². The SMILES string of the molecule is CC(=O)Nc1ccc(Oc2c([N+](=O)[O-])cnc3ccccc23)cc1. The molecule has 0 aliphatic heterocycles. The number of aromatic nitrogens is 1. The molecule has 0 fully saturated rings. The van der Waals surface area contributed by atoms with Crippen LogP contribution in [-0.4, -0.2) is 15.8 Å². The summed E-state index contributed by atoms with van der Waals surface area (Å²) >= 11 is 0. The molecule has 0 radical (unpaired) electrons. The average molecular weight is 323 g/mol. The summed E-state index contributed by atoms with van der Waals surface area (Å²) in [5, 5.41) is 14.5. The number of fused-ring (bicyclic) bond motifs is 1. The van der Waals surface area contributed by atoms with Crippen molar-refractivity contribution in [3.05, 3.63) is 64.8 Å². The van der Waals surface area contributed by atoms with Crippen molar-refractivity contribution in [2.75, 3.05) is 5.32 Å². The van der Waals surface area contributed by atoms with Gasteiger partial charge in [0.2, 0.25) is 11.7 Å². The number of benzene rings is 2. The lowest BCUT2D eigenvalue weighted by molar-refractivity contribution is -0.385. The number of amides is 1. The van der Waals surface area contributed by atoms with Crippen LogP contribution in [0.25, 0.3) is 10.9 Å². The highest BCUT2D eigenvalue weighted by Crippen LogP contribution is 2.37. The number of ether oxygens (including phenoxy) is 1. The highest BCUT2D eigenvalue weighted by Gasteiger charge is 2.20. The van der Waals surface area contributed by atoms with Gasteiger partial charge < -0.3 is 10.1 Å². The lowest BCUT2D eigenvalue weighted by Gasteiger charge is -2.10. The van der Waals surface area contributed by atoms with Crippen LogP contribution < -0.4 is 10.1 Å². The van der Waals surface area contributed by atoms with E-state index in [1.165, 1.54) is 13.1 Å². The van der Waals surface area contributed by atoms with E-state index >= 15 is 0 Å². The van der Waals surface area contributed by atoms with E-state index in [4.69, 9.17) is 4.74 Å². The number of nitrogens with one attached hydrogen (secondary N) is 1. The van der Waals surface area contributed by atoms with Gasteiger partial charge >= 0.3 is 5.69 Å². The monoisotopic (exact) mass is 323 g/mol. The van der Waals surface area contributed by atoms with Crippen molar-refractivity contribution < 1.29 is 14.5 Å². The van der Waals surface area contributed by atoms with Gasteiger partial charge in [-0.1, -0.05) is 12.1 Å². The maximum atomic E-state index is 11.3. The average Bonchev–Trinajstić information content (AvgIpc) is 2.56. The smallest absolute Gasteiger partial charge is 0.330 e. The van der Waals surface area contributed by atoms with E-state index in [-0.39, 0.29) is 17.3 Å². The van der Waals surface area contributed by atoms with Crippen LogP contribution >= 0.6 is 0 Å². The molecule has 0 saturated carbocycles. The number of para-hydroxylation sites is 1. The van der Waals surface area contributed by atoms with E-state index in [1.54, 1.807) is 48.5 Å². The number of carbonyl (C=O) groups is 1. The Morgan fingerprint density at radius 2 is 1.88 bits per heavy atom. The van der Waals surface area contributed by atoms with Crippen molar-refractivity contribution in [3.63, 3.8) is 0 Å². The molecule has 24 heavy (non-hydrogen) atoms. The van der Waals surface area contributed by atoms with Crippen molar-refractivity contribution in [2.24, 2.45) is 0 Å². The topological polar surface area (TPSA) is 94.4 Å². The Balaban J connectivity index is 2.01. The van der Waals surface area contributed by atoms with E-state index < -0.39 is 4.92 Å². The van der Waals surface area contributed by atoms with E-state index in [0.29, 0.717) is 22.3 Å². The molecule has 7 heteroatoms. The molecule has 1 N–H and O–H groups in total. The lowest BCUT2D eigenvalue weighted by Crippen LogP contribution is -2.05. The van der Waals surface area contributed by atoms with Gasteiger partial charge in [-0.05, 0) is 36.4 Å². The van der Waals surface area contributed by atoms with Crippen molar-refractivity contribution in [2.45, 2.75) is 6.92 Å². The Kier molecular flexibility index (Phi) is 4.07. The second-order valence-corrected chi connectivity index (χ2v) is 5.05. The standard InChI is InChI=1S/C17H13N3O4/c1-11(21)19-12-6-8-13(9-7-12)24-17-14-4-2-3-5-15(14)18-10-16(17)20(22)23/h2-10H,1H3,(H,19,21). The second-order valence-electron chi connectivity index (χ2n) is 5.05. The number of hydrogen-bond acceptors (Lipinski definition) is 5. The normalized spacial score (nSPS) is 10.4. The number of pyridine rings is 1. The molecule has 0 spiro atoms. The molecule has 120 valence electrons. The van der Waals surface area contributed by atoms with Gasteiger partial charge in [0.15, 0.2) is 0 Å². The van der Waals surface area contributed by atoms with Gasteiger partial charge in [0.25, 0.3) is 0 Å². The van der Waals surface area contributed by atoms with Gasteiger partial charge in [-0.2, -0.15) is 0 Å². The zero-order valence-corrected chi connectivity index (χ0v) is 12.7. The Hall–Kier alpha value is -3.48. The maximum Gasteiger partial charge on any atom is 0.330 e. The van der Waals surface area contributed by atoms with Gasteiger partial charge in [0.05, 0.1) is 15.8 Å². The molecule has 1 amide bonds. The summed E-state index contributed by atoms with van der Waals surface area (Å²) in [4.78, 5) is 25.9. The summed E-state index contributed by atoms with van der Waals surface area (Å²) < 4.78 is 5.75. The minimum absolute atomic E-state index is 0.137. The molecule has 1 heterocycles. The van der Waals surface area contributed by atoms with Crippen LogP contribution in [0.5, 0.6) is 11.5 Å². The molecule has 3 rings (SSSR count). The third-order valence-corrected chi connectivity index (χ3v) is 3.30. The largest absolute Gasteiger partial charge is 0.449 e. The number of nitro groups is 1. The van der Waals surface area contributed by atoms with E-state index in [9.17, 15) is 14.9 Å². The number of hydrogen-bond donors (Lipinski definition) is 1. The fraction of sp³-hybridized carbons (Fsp3) is 0.0588. The van der Waals surface area contributed by atoms with Gasteiger partial charge in [-0.25, -0.2) is 4.98 Å². The molecule has 0 aliphatic carbocycles. The minimum atomic E-state index is -0.527. The lowest BCUT2D eigenvalue weighted by atomic mass is 10.2. The van der Waals surface area contributed by atoms with Crippen LogP contribution in [0.1, 0.15) is 6.92 Å². The summed E-state index contributed by atoms with van der Waals surface area (Å²) in [7, 11) is 0. The van der Waals surface area contributed by atoms with Gasteiger partial charge in [-0.15, -0.1) is 0 Å². The molecule has 0 aliphatic rings. The van der Waals surface area contributed by atoms with Crippen molar-refractivity contribution in [1.82, 2.24) is 4.98 Å². The Bertz CT molecular complexity index is 923. The predicted molar refractivity (Wildman–Crippen MR) is 89.2 cm³/mol. The van der Waals surface area contributed by atoms with Crippen molar-refractivity contribution >= 4 is 28.2 Å². The van der Waals surface area contributed by atoms with Crippen LogP contribution in [0.15, 0.2) is 54.7 Å². The first-order valence-corrected chi connectivity index (χ1v) is 7.12. The van der Waals surface area contributed by atoms with Crippen molar-refractivity contribution in [3.8, 4) is 11.5 Å². The van der Waals surface area contributed by atoms with Crippen LogP contribution in [0.4, 0.5) is 11.4 Å². The molecule has 1 aromatic heterocycles. The summed E-state index contributed by atoms with van der Waals surface area (Å²) in [6, 6.07) is 13.6. The first kappa shape index (κ1) is 15.4. The molecule has 3 aromatic rings. The first-order valence-electron chi connectivity index (χ1n) is 7.12. The van der Waals surface area contributed by atoms with Gasteiger partial charge in [-0.3, -0.25) is 14.9 Å². The first-order chi connectivity index (χ1) is 11.5. The summed E-state index contributed by atoms with van der Waals surface area (Å²) in [5.41, 5.74) is 1.01. The number of anilines is 1. The molecular formula is C17H13N3O4. The van der Waals surface area contributed by atoms with E-state index in [1.807, 2.05) is 0 Å². The highest BCUT2D eigenvalue weighted by molar-refractivity contribution is 5.89. The van der Waals surface area contributed by atoms with E-state index in [0.717, 1.165) is 0 Å². The minimum Gasteiger partial charge on any atom is -0.449 e. The molecular weight excluding hydrogens is 310 g/mol. The summed E-state index contributed by atoms with van der Waals surface area (Å²) in [6.07, 6.45) is 1.18. The number of rotatable bonds is 4. The molecule has 0 saturated heterocycles. The van der Waals surface area contributed by atoms with Gasteiger partial charge in [0.1, 0.15) is 11.9 Å². The van der Waals surface area contributed by atoms with Crippen LogP contribution in [0.2, 0.25) is 0 Å². The number of nitrogens with zero attached hydrogens (tertiary/aromatic N) is 2. The Morgan fingerprint density at radius 3 is 2.54 bits per heavy atom. The third kappa shape index (κ3) is 3.14. The fourth-order valence-corrected chi connectivity index (χ4v) is 2.27. The quantitative estimate of drug-likeness (QED) is 0.580. The summed E-state index contributed by atoms with van der Waals surface area (Å²) in [5.74, 6) is 0.376.